The van der Waals surface area contributed by atoms with Crippen LogP contribution in [0.5, 0.6) is 0 Å². The van der Waals surface area contributed by atoms with Crippen LogP contribution >= 0.6 is 0 Å². The number of amides is 3. The molecule has 0 unspecified atom stereocenters. The fraction of sp³-hybridized carbons (Fsp3) is 0.364. The number of rotatable bonds is 3. The Morgan fingerprint density at radius 3 is 2.61 bits per heavy atom. The van der Waals surface area contributed by atoms with Gasteiger partial charge in [-0.1, -0.05) is 24.3 Å². The zero-order valence-corrected chi connectivity index (χ0v) is 16.0. The molecule has 1 spiro atoms. The zero-order chi connectivity index (χ0) is 19.7. The number of anilines is 1. The molecule has 6 heteroatoms. The van der Waals surface area contributed by atoms with Gasteiger partial charge >= 0.3 is 6.03 Å². The van der Waals surface area contributed by atoms with Gasteiger partial charge in [0.05, 0.1) is 12.2 Å². The fourth-order valence-electron chi connectivity index (χ4n) is 4.33. The molecule has 3 amide bonds. The number of carbonyl (C=O) groups excluding carboxylic acids is 2. The third-order valence-corrected chi connectivity index (χ3v) is 5.90. The van der Waals surface area contributed by atoms with E-state index in [0.29, 0.717) is 17.9 Å². The highest BCUT2D eigenvalue weighted by Gasteiger charge is 2.42. The van der Waals surface area contributed by atoms with Gasteiger partial charge in [-0.2, -0.15) is 0 Å². The third-order valence-electron chi connectivity index (χ3n) is 5.90. The topological polar surface area (TPSA) is 93.5 Å². The third kappa shape index (κ3) is 3.47. The fourth-order valence-corrected chi connectivity index (χ4v) is 4.33. The van der Waals surface area contributed by atoms with Crippen molar-refractivity contribution in [1.82, 2.24) is 5.32 Å². The lowest BCUT2D eigenvalue weighted by Gasteiger charge is -2.37. The Bertz CT molecular complexity index is 917. The predicted octanol–water partition coefficient (Wildman–Crippen LogP) is 3.58. The van der Waals surface area contributed by atoms with E-state index in [1.807, 2.05) is 6.92 Å². The van der Waals surface area contributed by atoms with E-state index in [-0.39, 0.29) is 17.7 Å². The van der Waals surface area contributed by atoms with Crippen molar-refractivity contribution < 1.29 is 14.3 Å². The SMILES string of the molecule is Cc1cc(C(N)=O)ccc1NC(=O)NC1CCC2(CC1)OCc1ccccc12. The van der Waals surface area contributed by atoms with Crippen molar-refractivity contribution in [3.8, 4) is 0 Å². The average molecular weight is 379 g/mol. The number of nitrogens with two attached hydrogens (primary N) is 1. The molecular weight excluding hydrogens is 354 g/mol. The lowest BCUT2D eigenvalue weighted by atomic mass is 9.77. The van der Waals surface area contributed by atoms with Gasteiger partial charge in [0.1, 0.15) is 0 Å². The first-order valence-electron chi connectivity index (χ1n) is 9.67. The van der Waals surface area contributed by atoms with Gasteiger partial charge < -0.3 is 21.1 Å². The summed E-state index contributed by atoms with van der Waals surface area (Å²) in [5.74, 6) is -0.481. The second kappa shape index (κ2) is 7.28. The molecular formula is C22H25N3O3. The monoisotopic (exact) mass is 379 g/mol. The smallest absolute Gasteiger partial charge is 0.319 e. The van der Waals surface area contributed by atoms with Crippen LogP contribution in [0.15, 0.2) is 42.5 Å². The van der Waals surface area contributed by atoms with Crippen molar-refractivity contribution in [3.05, 3.63) is 64.7 Å². The maximum atomic E-state index is 12.4. The molecule has 0 aromatic heterocycles. The molecule has 1 aliphatic carbocycles. The zero-order valence-electron chi connectivity index (χ0n) is 16.0. The largest absolute Gasteiger partial charge is 0.366 e. The second-order valence-electron chi connectivity index (χ2n) is 7.71. The van der Waals surface area contributed by atoms with Gasteiger partial charge in [0, 0.05) is 17.3 Å². The summed E-state index contributed by atoms with van der Waals surface area (Å²) >= 11 is 0. The van der Waals surface area contributed by atoms with Crippen LogP contribution in [0.3, 0.4) is 0 Å². The summed E-state index contributed by atoms with van der Waals surface area (Å²) < 4.78 is 6.18. The van der Waals surface area contributed by atoms with Crippen LogP contribution < -0.4 is 16.4 Å². The van der Waals surface area contributed by atoms with E-state index in [1.54, 1.807) is 18.2 Å². The Morgan fingerprint density at radius 2 is 1.89 bits per heavy atom. The van der Waals surface area contributed by atoms with Gasteiger partial charge in [0.25, 0.3) is 0 Å². The Morgan fingerprint density at radius 1 is 1.14 bits per heavy atom. The van der Waals surface area contributed by atoms with E-state index in [2.05, 4.69) is 34.9 Å². The van der Waals surface area contributed by atoms with Crippen LogP contribution in [-0.4, -0.2) is 18.0 Å². The lowest BCUT2D eigenvalue weighted by Crippen LogP contribution is -2.43. The minimum absolute atomic E-state index is 0.118. The van der Waals surface area contributed by atoms with Crippen molar-refractivity contribution in [2.45, 2.75) is 50.9 Å². The van der Waals surface area contributed by atoms with Crippen LogP contribution in [-0.2, 0) is 16.9 Å². The minimum Gasteiger partial charge on any atom is -0.366 e. The van der Waals surface area contributed by atoms with Gasteiger partial charge in [0.2, 0.25) is 5.91 Å². The molecule has 0 saturated heterocycles. The molecule has 146 valence electrons. The van der Waals surface area contributed by atoms with Crippen LogP contribution in [0.25, 0.3) is 0 Å². The Balaban J connectivity index is 1.34. The van der Waals surface area contributed by atoms with Gasteiger partial charge in [-0.15, -0.1) is 0 Å². The molecule has 1 fully saturated rings. The summed E-state index contributed by atoms with van der Waals surface area (Å²) in [6.07, 6.45) is 3.56. The number of ether oxygens (including phenoxy) is 1. The Kier molecular flexibility index (Phi) is 4.81. The molecule has 4 rings (SSSR count). The second-order valence-corrected chi connectivity index (χ2v) is 7.71. The molecule has 2 aliphatic rings. The summed E-state index contributed by atoms with van der Waals surface area (Å²) in [6, 6.07) is 13.3. The van der Waals surface area contributed by atoms with Gasteiger partial charge in [-0.3, -0.25) is 4.79 Å². The first-order chi connectivity index (χ1) is 13.5. The minimum atomic E-state index is -0.481. The summed E-state index contributed by atoms with van der Waals surface area (Å²) in [5.41, 5.74) is 9.58. The summed E-state index contributed by atoms with van der Waals surface area (Å²) in [6.45, 7) is 2.51. The number of hydrogen-bond donors (Lipinski definition) is 3. The maximum absolute atomic E-state index is 12.4. The highest BCUT2D eigenvalue weighted by molar-refractivity contribution is 5.95. The maximum Gasteiger partial charge on any atom is 0.319 e. The Labute approximate surface area is 164 Å². The van der Waals surface area contributed by atoms with Gasteiger partial charge in [0.15, 0.2) is 0 Å². The molecule has 6 nitrogen and oxygen atoms in total. The molecule has 1 heterocycles. The van der Waals surface area contributed by atoms with Crippen molar-refractivity contribution in [1.29, 1.82) is 0 Å². The highest BCUT2D eigenvalue weighted by atomic mass is 16.5. The molecule has 1 aliphatic heterocycles. The first-order valence-corrected chi connectivity index (χ1v) is 9.67. The summed E-state index contributed by atoms with van der Waals surface area (Å²) in [5, 5.41) is 5.93. The first kappa shape index (κ1) is 18.5. The van der Waals surface area contributed by atoms with E-state index in [9.17, 15) is 9.59 Å². The molecule has 4 N–H and O–H groups in total. The number of nitrogens with one attached hydrogen (secondary N) is 2. The van der Waals surface area contributed by atoms with Crippen LogP contribution in [0, 0.1) is 6.92 Å². The molecule has 1 saturated carbocycles. The van der Waals surface area contributed by atoms with Crippen LogP contribution in [0.2, 0.25) is 0 Å². The highest BCUT2D eigenvalue weighted by Crippen LogP contribution is 2.46. The van der Waals surface area contributed by atoms with Crippen molar-refractivity contribution in [2.24, 2.45) is 5.73 Å². The van der Waals surface area contributed by atoms with E-state index >= 15 is 0 Å². The number of urea groups is 1. The van der Waals surface area contributed by atoms with E-state index < -0.39 is 5.91 Å². The number of benzene rings is 2. The van der Waals surface area contributed by atoms with E-state index in [0.717, 1.165) is 31.2 Å². The molecule has 0 radical (unpaired) electrons. The number of carbonyl (C=O) groups is 2. The number of fused-ring (bicyclic) bond motifs is 2. The van der Waals surface area contributed by atoms with Crippen molar-refractivity contribution in [3.63, 3.8) is 0 Å². The van der Waals surface area contributed by atoms with Crippen molar-refractivity contribution in [2.75, 3.05) is 5.32 Å². The lowest BCUT2D eigenvalue weighted by molar-refractivity contribution is -0.0677. The number of aryl methyl sites for hydroxylation is 1. The van der Waals surface area contributed by atoms with E-state index in [4.69, 9.17) is 10.5 Å². The Hall–Kier alpha value is -2.86. The number of hydrogen-bond acceptors (Lipinski definition) is 3. The average Bonchev–Trinajstić information content (AvgIpc) is 3.04. The quantitative estimate of drug-likeness (QED) is 0.761. The summed E-state index contributed by atoms with van der Waals surface area (Å²) in [4.78, 5) is 23.7. The molecule has 28 heavy (non-hydrogen) atoms. The van der Waals surface area contributed by atoms with Crippen LogP contribution in [0.4, 0.5) is 10.5 Å². The van der Waals surface area contributed by atoms with Gasteiger partial charge in [-0.05, 0) is 67.5 Å². The molecule has 2 aromatic rings. The van der Waals surface area contributed by atoms with Crippen molar-refractivity contribution >= 4 is 17.6 Å². The van der Waals surface area contributed by atoms with Crippen LogP contribution in [0.1, 0.15) is 52.7 Å². The van der Waals surface area contributed by atoms with Gasteiger partial charge in [-0.25, -0.2) is 4.79 Å². The normalized spacial score (nSPS) is 23.2. The molecule has 0 atom stereocenters. The molecule has 2 aromatic carbocycles. The van der Waals surface area contributed by atoms with E-state index in [1.165, 1.54) is 11.1 Å². The summed E-state index contributed by atoms with van der Waals surface area (Å²) in [7, 11) is 0. The molecule has 0 bridgehead atoms. The number of primary amides is 1. The predicted molar refractivity (Wildman–Crippen MR) is 107 cm³/mol. The standard InChI is InChI=1S/C22H25N3O3/c1-14-12-15(20(23)26)6-7-19(14)25-21(27)24-17-8-10-22(11-9-17)18-5-3-2-4-16(18)13-28-22/h2-7,12,17H,8-11,13H2,1H3,(H2,23,26)(H2,24,25,27).